The summed E-state index contributed by atoms with van der Waals surface area (Å²) in [5, 5.41) is 14.0. The summed E-state index contributed by atoms with van der Waals surface area (Å²) in [6.07, 6.45) is 1.15. The number of anilines is 2. The quantitative estimate of drug-likeness (QED) is 0.645. The van der Waals surface area contributed by atoms with Gasteiger partial charge in [-0.2, -0.15) is 4.98 Å². The summed E-state index contributed by atoms with van der Waals surface area (Å²) in [5.41, 5.74) is 2.37. The molecule has 1 aromatic heterocycles. The molecule has 0 atom stereocenters. The van der Waals surface area contributed by atoms with Gasteiger partial charge in [0, 0.05) is 25.0 Å². The molecule has 30 heavy (non-hydrogen) atoms. The number of fused-ring (bicyclic) bond motifs is 2. The lowest BCUT2D eigenvalue weighted by Gasteiger charge is -2.30. The van der Waals surface area contributed by atoms with Crippen molar-refractivity contribution >= 4 is 28.4 Å². The van der Waals surface area contributed by atoms with E-state index in [9.17, 15) is 5.11 Å². The molecule has 3 heterocycles. The minimum Gasteiger partial charge on any atom is -0.454 e. The Morgan fingerprint density at radius 1 is 1.10 bits per heavy atom. The second-order valence-corrected chi connectivity index (χ2v) is 7.44. The molecule has 2 aliphatic heterocycles. The summed E-state index contributed by atoms with van der Waals surface area (Å²) in [6, 6.07) is 11.3. The van der Waals surface area contributed by atoms with E-state index in [1.54, 1.807) is 6.07 Å². The minimum absolute atomic E-state index is 0.246. The van der Waals surface area contributed by atoms with Crippen LogP contribution in [0.3, 0.4) is 0 Å². The fourth-order valence-electron chi connectivity index (χ4n) is 3.75. The van der Waals surface area contributed by atoms with E-state index >= 15 is 0 Å². The lowest BCUT2D eigenvalue weighted by atomic mass is 10.1. The number of aliphatic hydroxyl groups is 1. The first kappa shape index (κ1) is 18.5. The van der Waals surface area contributed by atoms with Gasteiger partial charge in [0.05, 0.1) is 18.2 Å². The van der Waals surface area contributed by atoms with Crippen molar-refractivity contribution in [2.24, 2.45) is 0 Å². The number of piperidine rings is 1. The van der Waals surface area contributed by atoms with Crippen LogP contribution in [0.4, 0.5) is 17.5 Å². The van der Waals surface area contributed by atoms with Gasteiger partial charge >= 0.3 is 0 Å². The van der Waals surface area contributed by atoms with E-state index < -0.39 is 0 Å². The number of hydrogen-bond donors (Lipinski definition) is 2. The maximum absolute atomic E-state index is 9.81. The van der Waals surface area contributed by atoms with Gasteiger partial charge in [-0.3, -0.25) is 0 Å². The van der Waals surface area contributed by atoms with E-state index in [1.165, 1.54) is 0 Å². The standard InChI is InChI=1S/C22H21N5O3/c1-23-15-3-4-18-17(11-15)21(26-22(25-18)27-8-6-16(28)7-9-27)24-12-14-2-5-19-20(10-14)30-13-29-19/h2-5,10-11,16,28H,6-9,12-13H2,(H,24,25,26). The summed E-state index contributed by atoms with van der Waals surface area (Å²) in [6.45, 7) is 9.55. The fourth-order valence-corrected chi connectivity index (χ4v) is 3.75. The molecule has 0 radical (unpaired) electrons. The van der Waals surface area contributed by atoms with Crippen LogP contribution in [0.5, 0.6) is 11.5 Å². The smallest absolute Gasteiger partial charge is 0.231 e. The van der Waals surface area contributed by atoms with Gasteiger partial charge in [0.2, 0.25) is 12.7 Å². The molecule has 1 saturated heterocycles. The van der Waals surface area contributed by atoms with Crippen LogP contribution in [-0.4, -0.2) is 41.1 Å². The number of aliphatic hydroxyl groups excluding tert-OH is 1. The predicted octanol–water partition coefficient (Wildman–Crippen LogP) is 3.48. The Kier molecular flexibility index (Phi) is 4.73. The Bertz CT molecular complexity index is 1140. The maximum Gasteiger partial charge on any atom is 0.231 e. The van der Waals surface area contributed by atoms with Crippen molar-refractivity contribution in [2.75, 3.05) is 30.1 Å². The Morgan fingerprint density at radius 3 is 2.77 bits per heavy atom. The number of nitrogens with zero attached hydrogens (tertiary/aromatic N) is 4. The average molecular weight is 403 g/mol. The monoisotopic (exact) mass is 403 g/mol. The van der Waals surface area contributed by atoms with Crippen molar-refractivity contribution in [1.29, 1.82) is 0 Å². The Hall–Kier alpha value is -3.57. The van der Waals surface area contributed by atoms with E-state index in [-0.39, 0.29) is 12.9 Å². The molecule has 2 aromatic carbocycles. The van der Waals surface area contributed by atoms with E-state index in [0.29, 0.717) is 49.9 Å². The number of ether oxygens (including phenoxy) is 2. The molecule has 1 fully saturated rings. The second-order valence-electron chi connectivity index (χ2n) is 7.44. The van der Waals surface area contributed by atoms with Crippen molar-refractivity contribution in [2.45, 2.75) is 25.5 Å². The lowest BCUT2D eigenvalue weighted by Crippen LogP contribution is -2.37. The third kappa shape index (κ3) is 3.55. The first-order valence-electron chi connectivity index (χ1n) is 9.94. The lowest BCUT2D eigenvalue weighted by molar-refractivity contribution is 0.145. The molecule has 3 aromatic rings. The average Bonchev–Trinajstić information content (AvgIpc) is 3.25. The molecule has 0 saturated carbocycles. The Labute approximate surface area is 173 Å². The van der Waals surface area contributed by atoms with Gasteiger partial charge in [0.1, 0.15) is 5.82 Å². The highest BCUT2D eigenvalue weighted by Gasteiger charge is 2.21. The largest absolute Gasteiger partial charge is 0.454 e. The fraction of sp³-hybridized carbons (Fsp3) is 0.318. The minimum atomic E-state index is -0.258. The van der Waals surface area contributed by atoms with Crippen LogP contribution >= 0.6 is 0 Å². The van der Waals surface area contributed by atoms with Crippen molar-refractivity contribution in [1.82, 2.24) is 9.97 Å². The van der Waals surface area contributed by atoms with Crippen LogP contribution in [0.25, 0.3) is 15.7 Å². The van der Waals surface area contributed by atoms with Gasteiger partial charge in [-0.1, -0.05) is 12.1 Å². The molecule has 152 valence electrons. The molecule has 0 spiro atoms. The van der Waals surface area contributed by atoms with Crippen LogP contribution in [0, 0.1) is 6.57 Å². The maximum atomic E-state index is 9.81. The summed E-state index contributed by atoms with van der Waals surface area (Å²) in [7, 11) is 0. The van der Waals surface area contributed by atoms with Crippen LogP contribution in [0.1, 0.15) is 18.4 Å². The highest BCUT2D eigenvalue weighted by Crippen LogP contribution is 2.33. The Morgan fingerprint density at radius 2 is 1.93 bits per heavy atom. The Balaban J connectivity index is 1.47. The summed E-state index contributed by atoms with van der Waals surface area (Å²) >= 11 is 0. The molecule has 0 amide bonds. The number of aromatic nitrogens is 2. The van der Waals surface area contributed by atoms with E-state index in [4.69, 9.17) is 26.0 Å². The normalized spacial score (nSPS) is 15.9. The number of benzene rings is 2. The van der Waals surface area contributed by atoms with Gasteiger partial charge in [-0.05, 0) is 42.7 Å². The number of rotatable bonds is 4. The van der Waals surface area contributed by atoms with Crippen LogP contribution in [-0.2, 0) is 6.54 Å². The summed E-state index contributed by atoms with van der Waals surface area (Å²) in [4.78, 5) is 15.1. The van der Waals surface area contributed by atoms with E-state index in [1.807, 2.05) is 30.3 Å². The molecule has 0 bridgehead atoms. The number of hydrogen-bond acceptors (Lipinski definition) is 7. The highest BCUT2D eigenvalue weighted by atomic mass is 16.7. The van der Waals surface area contributed by atoms with Gasteiger partial charge in [-0.25, -0.2) is 9.83 Å². The molecule has 0 unspecified atom stereocenters. The zero-order valence-corrected chi connectivity index (χ0v) is 16.3. The highest BCUT2D eigenvalue weighted by molar-refractivity contribution is 5.92. The molecule has 8 heteroatoms. The van der Waals surface area contributed by atoms with E-state index in [0.717, 1.165) is 28.0 Å². The first-order valence-corrected chi connectivity index (χ1v) is 9.94. The van der Waals surface area contributed by atoms with Crippen molar-refractivity contribution < 1.29 is 14.6 Å². The third-order valence-electron chi connectivity index (χ3n) is 5.44. The second kappa shape index (κ2) is 7.69. The molecule has 2 aliphatic rings. The van der Waals surface area contributed by atoms with Crippen molar-refractivity contribution in [3.05, 3.63) is 53.4 Å². The number of nitrogens with one attached hydrogen (secondary N) is 1. The zero-order valence-electron chi connectivity index (χ0n) is 16.3. The van der Waals surface area contributed by atoms with E-state index in [2.05, 4.69) is 15.1 Å². The predicted molar refractivity (Wildman–Crippen MR) is 113 cm³/mol. The molecule has 8 nitrogen and oxygen atoms in total. The molecule has 5 rings (SSSR count). The molecule has 2 N–H and O–H groups in total. The molecule has 0 aliphatic carbocycles. The van der Waals surface area contributed by atoms with Crippen molar-refractivity contribution in [3.63, 3.8) is 0 Å². The van der Waals surface area contributed by atoms with Crippen LogP contribution in [0.15, 0.2) is 36.4 Å². The van der Waals surface area contributed by atoms with Gasteiger partial charge in [0.25, 0.3) is 0 Å². The van der Waals surface area contributed by atoms with Gasteiger partial charge in [0.15, 0.2) is 17.2 Å². The topological polar surface area (TPSA) is 84.1 Å². The SMILES string of the molecule is [C-]#[N+]c1ccc2nc(N3CCC(O)CC3)nc(NCc3ccc4c(c3)OCO4)c2c1. The first-order chi connectivity index (χ1) is 14.7. The van der Waals surface area contributed by atoms with Gasteiger partial charge < -0.3 is 24.8 Å². The summed E-state index contributed by atoms with van der Waals surface area (Å²) in [5.74, 6) is 2.81. The van der Waals surface area contributed by atoms with Crippen LogP contribution < -0.4 is 19.7 Å². The zero-order chi connectivity index (χ0) is 20.5. The third-order valence-corrected chi connectivity index (χ3v) is 5.44. The molecular formula is C22H21N5O3. The summed E-state index contributed by atoms with van der Waals surface area (Å²) < 4.78 is 10.8. The van der Waals surface area contributed by atoms with Gasteiger partial charge in [-0.15, -0.1) is 0 Å². The molecular weight excluding hydrogens is 382 g/mol. The van der Waals surface area contributed by atoms with Crippen molar-refractivity contribution in [3.8, 4) is 11.5 Å². The van der Waals surface area contributed by atoms with Crippen LogP contribution in [0.2, 0.25) is 0 Å².